The van der Waals surface area contributed by atoms with E-state index in [1.807, 2.05) is 0 Å². The molecule has 32 heavy (non-hydrogen) atoms. The molecule has 172 valence electrons. The molecule has 2 aromatic rings. The Morgan fingerprint density at radius 3 is 2.28 bits per heavy atom. The zero-order valence-electron chi connectivity index (χ0n) is 16.7. The van der Waals surface area contributed by atoms with Crippen molar-refractivity contribution in [3.8, 4) is 0 Å². The number of ketones is 1. The molecule has 0 spiro atoms. The van der Waals surface area contributed by atoms with Gasteiger partial charge in [0.1, 0.15) is 0 Å². The van der Waals surface area contributed by atoms with Gasteiger partial charge in [-0.2, -0.15) is 13.2 Å². The molecule has 0 heterocycles. The minimum atomic E-state index is -4.59. The summed E-state index contributed by atoms with van der Waals surface area (Å²) in [7, 11) is 0. The number of benzene rings is 2. The number of rotatable bonds is 8. The Hall–Kier alpha value is -1.54. The van der Waals surface area contributed by atoms with Gasteiger partial charge >= 0.3 is 6.18 Å². The maximum Gasteiger partial charge on any atom is 0.399 e. The predicted octanol–water partition coefficient (Wildman–Crippen LogP) is 7.87. The molecule has 0 radical (unpaired) electrons. The Balaban J connectivity index is 2.20. The van der Waals surface area contributed by atoms with Gasteiger partial charge in [-0.3, -0.25) is 9.59 Å². The molecule has 0 aromatic heterocycles. The van der Waals surface area contributed by atoms with Crippen molar-refractivity contribution in [3.63, 3.8) is 0 Å². The molecule has 2 aromatic carbocycles. The van der Waals surface area contributed by atoms with Crippen LogP contribution in [0.15, 0.2) is 40.9 Å². The van der Waals surface area contributed by atoms with Crippen LogP contribution >= 0.6 is 50.7 Å². The molecular weight excluding hydrogens is 554 g/mol. The lowest BCUT2D eigenvalue weighted by molar-refractivity contribution is -0.139. The van der Waals surface area contributed by atoms with Crippen molar-refractivity contribution < 1.29 is 22.8 Å². The third-order valence-electron chi connectivity index (χ3n) is 4.45. The second kappa shape index (κ2) is 11.5. The lowest BCUT2D eigenvalue weighted by atomic mass is 9.96. The number of nitrogens with one attached hydrogen (secondary N) is 1. The smallest absolute Gasteiger partial charge is 0.356 e. The summed E-state index contributed by atoms with van der Waals surface area (Å²) in [5, 5.41) is 2.46. The van der Waals surface area contributed by atoms with Crippen molar-refractivity contribution in [2.45, 2.75) is 31.9 Å². The average Bonchev–Trinajstić information content (AvgIpc) is 2.68. The fourth-order valence-electron chi connectivity index (χ4n) is 2.88. The molecule has 2 rings (SSSR count). The molecular formula is C22H18BrCl3F3NO2. The van der Waals surface area contributed by atoms with Crippen molar-refractivity contribution in [2.75, 3.05) is 6.54 Å². The van der Waals surface area contributed by atoms with Gasteiger partial charge in [0.15, 0.2) is 5.78 Å². The number of carbonyl (C=O) groups is 2. The van der Waals surface area contributed by atoms with Crippen LogP contribution < -0.4 is 5.32 Å². The molecule has 1 atom stereocenters. The highest BCUT2D eigenvalue weighted by atomic mass is 79.9. The SMILES string of the molecule is CC(=O)NCCCC(=O)c1ccc(/C=C/C(c2cc(Cl)c(Cl)c(Cl)c2)C(F)(F)F)cc1Br. The molecule has 0 aliphatic carbocycles. The van der Waals surface area contributed by atoms with Gasteiger partial charge in [-0.1, -0.05) is 69.0 Å². The molecule has 1 amide bonds. The molecule has 0 aliphatic heterocycles. The lowest BCUT2D eigenvalue weighted by Gasteiger charge is -2.18. The average molecular weight is 572 g/mol. The van der Waals surface area contributed by atoms with Gasteiger partial charge < -0.3 is 5.32 Å². The Bertz CT molecular complexity index is 1020. The number of allylic oxidation sites excluding steroid dienone is 1. The summed E-state index contributed by atoms with van der Waals surface area (Å²) >= 11 is 20.9. The quantitative estimate of drug-likeness (QED) is 0.199. The maximum absolute atomic E-state index is 13.7. The number of Topliss-reactive ketones (excluding diaryl/α,β-unsaturated/α-hetero) is 1. The van der Waals surface area contributed by atoms with Gasteiger partial charge in [-0.05, 0) is 41.8 Å². The summed E-state index contributed by atoms with van der Waals surface area (Å²) in [6, 6.07) is 6.93. The topological polar surface area (TPSA) is 46.2 Å². The first-order valence-electron chi connectivity index (χ1n) is 9.36. The number of carbonyl (C=O) groups excluding carboxylic acids is 2. The van der Waals surface area contributed by atoms with E-state index in [-0.39, 0.29) is 38.7 Å². The van der Waals surface area contributed by atoms with E-state index in [9.17, 15) is 22.8 Å². The van der Waals surface area contributed by atoms with Crippen LogP contribution in [0.3, 0.4) is 0 Å². The Labute approximate surface area is 207 Å². The summed E-state index contributed by atoms with van der Waals surface area (Å²) in [5.41, 5.74) is 0.735. The third kappa shape index (κ3) is 7.51. The monoisotopic (exact) mass is 569 g/mol. The Kier molecular flexibility index (Phi) is 9.64. The summed E-state index contributed by atoms with van der Waals surface area (Å²) in [5.74, 6) is -2.27. The van der Waals surface area contributed by atoms with E-state index in [4.69, 9.17) is 34.8 Å². The molecule has 10 heteroatoms. The molecule has 3 nitrogen and oxygen atoms in total. The predicted molar refractivity (Wildman–Crippen MR) is 126 cm³/mol. The van der Waals surface area contributed by atoms with E-state index >= 15 is 0 Å². The first kappa shape index (κ1) is 26.7. The van der Waals surface area contributed by atoms with Gasteiger partial charge in [-0.15, -0.1) is 0 Å². The van der Waals surface area contributed by atoms with E-state index in [1.54, 1.807) is 18.2 Å². The molecule has 0 aliphatic rings. The van der Waals surface area contributed by atoms with Gasteiger partial charge in [0.2, 0.25) is 5.91 Å². The van der Waals surface area contributed by atoms with Crippen LogP contribution in [0.25, 0.3) is 6.08 Å². The summed E-state index contributed by atoms with van der Waals surface area (Å²) in [4.78, 5) is 23.2. The third-order valence-corrected chi connectivity index (χ3v) is 6.30. The summed E-state index contributed by atoms with van der Waals surface area (Å²) < 4.78 is 41.5. The number of hydrogen-bond acceptors (Lipinski definition) is 2. The zero-order chi connectivity index (χ0) is 24.1. The number of halogens is 7. The van der Waals surface area contributed by atoms with Crippen LogP contribution in [0.2, 0.25) is 15.1 Å². The van der Waals surface area contributed by atoms with E-state index < -0.39 is 12.1 Å². The van der Waals surface area contributed by atoms with Gasteiger partial charge in [0.25, 0.3) is 0 Å². The van der Waals surface area contributed by atoms with E-state index in [2.05, 4.69) is 21.2 Å². The maximum atomic E-state index is 13.7. The minimum Gasteiger partial charge on any atom is -0.356 e. The molecule has 0 saturated heterocycles. The van der Waals surface area contributed by atoms with Crippen LogP contribution in [-0.2, 0) is 4.79 Å². The van der Waals surface area contributed by atoms with Crippen molar-refractivity contribution in [2.24, 2.45) is 0 Å². The van der Waals surface area contributed by atoms with Crippen LogP contribution in [0.5, 0.6) is 0 Å². The van der Waals surface area contributed by atoms with Gasteiger partial charge in [0.05, 0.1) is 21.0 Å². The first-order chi connectivity index (χ1) is 14.9. The van der Waals surface area contributed by atoms with E-state index in [0.29, 0.717) is 28.6 Å². The van der Waals surface area contributed by atoms with Crippen molar-refractivity contribution >= 4 is 68.5 Å². The van der Waals surface area contributed by atoms with Crippen LogP contribution in [0.1, 0.15) is 47.2 Å². The highest BCUT2D eigenvalue weighted by Gasteiger charge is 2.39. The lowest BCUT2D eigenvalue weighted by Crippen LogP contribution is -2.21. The fraction of sp³-hybridized carbons (Fsp3) is 0.273. The molecule has 0 saturated carbocycles. The van der Waals surface area contributed by atoms with Gasteiger partial charge in [-0.25, -0.2) is 0 Å². The molecule has 1 N–H and O–H groups in total. The fourth-order valence-corrected chi connectivity index (χ4v) is 4.11. The van der Waals surface area contributed by atoms with E-state index in [1.165, 1.54) is 13.0 Å². The number of hydrogen-bond donors (Lipinski definition) is 1. The van der Waals surface area contributed by atoms with Crippen LogP contribution in [0, 0.1) is 0 Å². The second-order valence-corrected chi connectivity index (χ2v) is 8.97. The summed E-state index contributed by atoms with van der Waals surface area (Å²) in [6.07, 6.45) is -1.58. The molecule has 1 unspecified atom stereocenters. The first-order valence-corrected chi connectivity index (χ1v) is 11.3. The standard InChI is InChI=1S/C22H18BrCl3F3NO2/c1-12(31)30-8-2-3-20(32)15-6-4-13(9-17(15)23)5-7-16(22(27,28)29)14-10-18(24)21(26)19(25)11-14/h4-7,9-11,16H,2-3,8H2,1H3,(H,30,31)/b7-5+. The summed E-state index contributed by atoms with van der Waals surface area (Å²) in [6.45, 7) is 1.78. The number of amides is 1. The Morgan fingerprint density at radius 1 is 1.12 bits per heavy atom. The van der Waals surface area contributed by atoms with Crippen molar-refractivity contribution in [1.29, 1.82) is 0 Å². The Morgan fingerprint density at radius 2 is 1.75 bits per heavy atom. The molecule has 0 bridgehead atoms. The number of alkyl halides is 3. The second-order valence-electron chi connectivity index (χ2n) is 6.93. The highest BCUT2D eigenvalue weighted by molar-refractivity contribution is 9.10. The van der Waals surface area contributed by atoms with E-state index in [0.717, 1.165) is 18.2 Å². The normalized spacial score (nSPS) is 12.8. The van der Waals surface area contributed by atoms with Gasteiger partial charge in [0, 0.05) is 29.9 Å². The van der Waals surface area contributed by atoms with Crippen molar-refractivity contribution in [1.82, 2.24) is 5.32 Å². The van der Waals surface area contributed by atoms with Crippen LogP contribution in [-0.4, -0.2) is 24.4 Å². The largest absolute Gasteiger partial charge is 0.399 e. The molecule has 0 fully saturated rings. The van der Waals surface area contributed by atoms with Crippen molar-refractivity contribution in [3.05, 3.63) is 72.6 Å². The van der Waals surface area contributed by atoms with Crippen LogP contribution in [0.4, 0.5) is 13.2 Å². The highest BCUT2D eigenvalue weighted by Crippen LogP contribution is 2.41. The minimum absolute atomic E-state index is 0.0109. The zero-order valence-corrected chi connectivity index (χ0v) is 20.6.